The summed E-state index contributed by atoms with van der Waals surface area (Å²) in [5.41, 5.74) is 1.18. The van der Waals surface area contributed by atoms with Crippen molar-refractivity contribution in [3.05, 3.63) is 35.9 Å². The average molecular weight is 327 g/mol. The van der Waals surface area contributed by atoms with Crippen LogP contribution < -0.4 is 5.32 Å². The van der Waals surface area contributed by atoms with Gasteiger partial charge < -0.3 is 10.2 Å². The highest BCUT2D eigenvalue weighted by atomic mass is 16.2. The molecule has 1 aromatic carbocycles. The molecule has 1 aliphatic carbocycles. The zero-order valence-corrected chi connectivity index (χ0v) is 14.5. The van der Waals surface area contributed by atoms with Crippen LogP contribution in [0, 0.1) is 0 Å². The fraction of sp³-hybridized carbons (Fsp3) is 0.650. The van der Waals surface area contributed by atoms with Crippen molar-refractivity contribution in [2.75, 3.05) is 19.6 Å². The minimum atomic E-state index is -0.113. The molecule has 0 bridgehead atoms. The Hall–Kier alpha value is -1.39. The van der Waals surface area contributed by atoms with E-state index < -0.39 is 0 Å². The molecule has 2 heterocycles. The van der Waals surface area contributed by atoms with Gasteiger partial charge in [0.05, 0.1) is 12.2 Å². The highest BCUT2D eigenvalue weighted by Gasteiger charge is 2.46. The molecule has 130 valence electrons. The molecule has 3 aliphatic rings. The minimum absolute atomic E-state index is 0.113. The molecule has 4 heteroatoms. The first-order valence-electron chi connectivity index (χ1n) is 9.59. The Labute approximate surface area is 145 Å². The van der Waals surface area contributed by atoms with Crippen LogP contribution in [0.15, 0.2) is 30.3 Å². The van der Waals surface area contributed by atoms with Crippen LogP contribution in [0.5, 0.6) is 0 Å². The number of hydrogen-bond donors (Lipinski definition) is 1. The van der Waals surface area contributed by atoms with E-state index in [0.29, 0.717) is 6.54 Å². The third kappa shape index (κ3) is 3.22. The summed E-state index contributed by atoms with van der Waals surface area (Å²) in [7, 11) is 0. The predicted octanol–water partition coefficient (Wildman–Crippen LogP) is 2.74. The van der Waals surface area contributed by atoms with E-state index in [0.717, 1.165) is 38.5 Å². The van der Waals surface area contributed by atoms with Gasteiger partial charge in [-0.15, -0.1) is 0 Å². The summed E-state index contributed by atoms with van der Waals surface area (Å²) < 4.78 is 0. The van der Waals surface area contributed by atoms with E-state index in [1.165, 1.54) is 37.7 Å². The number of piperidine rings is 1. The second kappa shape index (κ2) is 6.85. The number of nitrogens with one attached hydrogen (secondary N) is 1. The molecule has 1 aromatic rings. The quantitative estimate of drug-likeness (QED) is 0.927. The van der Waals surface area contributed by atoms with Crippen molar-refractivity contribution in [3.8, 4) is 0 Å². The summed E-state index contributed by atoms with van der Waals surface area (Å²) in [4.78, 5) is 17.2. The van der Waals surface area contributed by atoms with Gasteiger partial charge in [-0.1, -0.05) is 49.6 Å². The largest absolute Gasteiger partial charge is 0.337 e. The van der Waals surface area contributed by atoms with Crippen molar-refractivity contribution >= 4 is 5.91 Å². The number of carbonyl (C=O) groups is 1. The standard InChI is InChI=1S/C20H29N3O/c24-19-16-23(15-17-7-3-1-4-8-17)20(21-19)11-13-22(14-12-20)18-9-5-2-6-10-18/h1,3-4,7-8,18H,2,5-6,9-16H2,(H,21,24). The summed E-state index contributed by atoms with van der Waals surface area (Å²) in [6.45, 7) is 3.65. The molecule has 1 amide bonds. The Morgan fingerprint density at radius 2 is 1.75 bits per heavy atom. The van der Waals surface area contributed by atoms with E-state index in [9.17, 15) is 4.79 Å². The Morgan fingerprint density at radius 1 is 1.04 bits per heavy atom. The van der Waals surface area contributed by atoms with Gasteiger partial charge in [0, 0.05) is 25.7 Å². The zero-order chi connectivity index (χ0) is 16.4. The van der Waals surface area contributed by atoms with Crippen molar-refractivity contribution in [2.24, 2.45) is 0 Å². The van der Waals surface area contributed by atoms with Crippen molar-refractivity contribution in [3.63, 3.8) is 0 Å². The van der Waals surface area contributed by atoms with Crippen molar-refractivity contribution in [1.29, 1.82) is 0 Å². The summed E-state index contributed by atoms with van der Waals surface area (Å²) in [5.74, 6) is 0.192. The number of benzene rings is 1. The molecule has 1 N–H and O–H groups in total. The Balaban J connectivity index is 1.42. The van der Waals surface area contributed by atoms with Crippen LogP contribution in [0.4, 0.5) is 0 Å². The van der Waals surface area contributed by atoms with E-state index >= 15 is 0 Å². The number of likely N-dealkylation sites (tertiary alicyclic amines) is 1. The normalized spacial score (nSPS) is 25.9. The van der Waals surface area contributed by atoms with Gasteiger partial charge in [-0.05, 0) is 31.2 Å². The number of hydrogen-bond acceptors (Lipinski definition) is 3. The highest BCUT2D eigenvalue weighted by molar-refractivity contribution is 5.81. The van der Waals surface area contributed by atoms with Gasteiger partial charge in [-0.3, -0.25) is 9.69 Å². The van der Waals surface area contributed by atoms with Crippen molar-refractivity contribution in [1.82, 2.24) is 15.1 Å². The second-order valence-electron chi connectivity index (χ2n) is 7.75. The van der Waals surface area contributed by atoms with Gasteiger partial charge in [0.25, 0.3) is 0 Å². The SMILES string of the molecule is O=C1CN(Cc2ccccc2)C2(CCN(C3CCCCC3)CC2)N1. The number of nitrogens with zero attached hydrogens (tertiary/aromatic N) is 2. The van der Waals surface area contributed by atoms with Crippen LogP contribution in [0.25, 0.3) is 0 Å². The summed E-state index contributed by atoms with van der Waals surface area (Å²) in [5, 5.41) is 3.32. The molecule has 2 saturated heterocycles. The second-order valence-corrected chi connectivity index (χ2v) is 7.75. The Kier molecular flexibility index (Phi) is 4.59. The van der Waals surface area contributed by atoms with E-state index in [-0.39, 0.29) is 11.6 Å². The first-order valence-corrected chi connectivity index (χ1v) is 9.59. The first kappa shape index (κ1) is 16.1. The molecule has 0 atom stereocenters. The lowest BCUT2D eigenvalue weighted by Gasteiger charge is -2.47. The summed E-state index contributed by atoms with van der Waals surface area (Å²) in [6, 6.07) is 11.3. The third-order valence-electron chi connectivity index (χ3n) is 6.24. The van der Waals surface area contributed by atoms with Crippen LogP contribution in [0.3, 0.4) is 0 Å². The van der Waals surface area contributed by atoms with Crippen LogP contribution in [-0.4, -0.2) is 47.0 Å². The van der Waals surface area contributed by atoms with Crippen LogP contribution in [0.2, 0.25) is 0 Å². The van der Waals surface area contributed by atoms with Crippen molar-refractivity contribution in [2.45, 2.75) is 63.2 Å². The van der Waals surface area contributed by atoms with Gasteiger partial charge >= 0.3 is 0 Å². The first-order chi connectivity index (χ1) is 11.8. The molecular weight excluding hydrogens is 298 g/mol. The zero-order valence-electron chi connectivity index (χ0n) is 14.5. The maximum absolute atomic E-state index is 12.1. The monoisotopic (exact) mass is 327 g/mol. The lowest BCUT2D eigenvalue weighted by molar-refractivity contribution is -0.119. The predicted molar refractivity (Wildman–Crippen MR) is 95.4 cm³/mol. The van der Waals surface area contributed by atoms with Crippen molar-refractivity contribution < 1.29 is 4.79 Å². The Morgan fingerprint density at radius 3 is 2.46 bits per heavy atom. The van der Waals surface area contributed by atoms with E-state index in [2.05, 4.69) is 45.4 Å². The van der Waals surface area contributed by atoms with E-state index in [1.54, 1.807) is 0 Å². The molecule has 4 rings (SSSR count). The molecule has 3 fully saturated rings. The van der Waals surface area contributed by atoms with E-state index in [4.69, 9.17) is 0 Å². The minimum Gasteiger partial charge on any atom is -0.337 e. The number of rotatable bonds is 3. The molecule has 0 aromatic heterocycles. The smallest absolute Gasteiger partial charge is 0.235 e. The molecule has 0 radical (unpaired) electrons. The topological polar surface area (TPSA) is 35.6 Å². The third-order valence-corrected chi connectivity index (χ3v) is 6.24. The van der Waals surface area contributed by atoms with Gasteiger partial charge in [0.2, 0.25) is 5.91 Å². The van der Waals surface area contributed by atoms with E-state index in [1.807, 2.05) is 0 Å². The Bertz CT molecular complexity index is 560. The molecule has 1 spiro atoms. The maximum Gasteiger partial charge on any atom is 0.235 e. The highest BCUT2D eigenvalue weighted by Crippen LogP contribution is 2.34. The van der Waals surface area contributed by atoms with Gasteiger partial charge in [0.15, 0.2) is 0 Å². The fourth-order valence-corrected chi connectivity index (χ4v) is 4.86. The molecule has 0 unspecified atom stereocenters. The summed E-state index contributed by atoms with van der Waals surface area (Å²) in [6.07, 6.45) is 9.05. The van der Waals surface area contributed by atoms with Crippen LogP contribution in [-0.2, 0) is 11.3 Å². The lowest BCUT2D eigenvalue weighted by Crippen LogP contribution is -2.59. The summed E-state index contributed by atoms with van der Waals surface area (Å²) >= 11 is 0. The molecular formula is C20H29N3O. The molecule has 4 nitrogen and oxygen atoms in total. The van der Waals surface area contributed by atoms with Gasteiger partial charge in [-0.2, -0.15) is 0 Å². The molecule has 2 aliphatic heterocycles. The van der Waals surface area contributed by atoms with Gasteiger partial charge in [-0.25, -0.2) is 0 Å². The number of amides is 1. The molecule has 24 heavy (non-hydrogen) atoms. The van der Waals surface area contributed by atoms with Gasteiger partial charge in [0.1, 0.15) is 0 Å². The lowest BCUT2D eigenvalue weighted by atomic mass is 9.89. The average Bonchev–Trinajstić information content (AvgIpc) is 2.92. The fourth-order valence-electron chi connectivity index (χ4n) is 4.86. The van der Waals surface area contributed by atoms with Crippen LogP contribution in [0.1, 0.15) is 50.5 Å². The number of carbonyl (C=O) groups excluding carboxylic acids is 1. The molecule has 1 saturated carbocycles. The van der Waals surface area contributed by atoms with Crippen LogP contribution >= 0.6 is 0 Å². The maximum atomic E-state index is 12.1.